The minimum atomic E-state index is 0.0232. The summed E-state index contributed by atoms with van der Waals surface area (Å²) in [4.78, 5) is 11.3. The van der Waals surface area contributed by atoms with Crippen LogP contribution in [-0.4, -0.2) is 23.6 Å². The van der Waals surface area contributed by atoms with Crippen LogP contribution in [0.4, 0.5) is 0 Å². The highest BCUT2D eigenvalue weighted by atomic mass is 16.5. The average molecular weight is 298 g/mol. The van der Waals surface area contributed by atoms with Crippen LogP contribution in [0.1, 0.15) is 16.7 Å². The van der Waals surface area contributed by atoms with E-state index >= 15 is 0 Å². The van der Waals surface area contributed by atoms with E-state index < -0.39 is 0 Å². The first-order chi connectivity index (χ1) is 10.5. The van der Waals surface area contributed by atoms with E-state index in [1.807, 2.05) is 13.0 Å². The van der Waals surface area contributed by atoms with Crippen molar-refractivity contribution in [1.29, 1.82) is 0 Å². The van der Waals surface area contributed by atoms with Crippen molar-refractivity contribution in [3.63, 3.8) is 0 Å². The van der Waals surface area contributed by atoms with Crippen molar-refractivity contribution in [2.45, 2.75) is 13.3 Å². The molecule has 2 N–H and O–H groups in total. The molecule has 4 heteroatoms. The predicted octanol–water partition coefficient (Wildman–Crippen LogP) is 3.24. The lowest BCUT2D eigenvalue weighted by Gasteiger charge is -2.07. The van der Waals surface area contributed by atoms with Crippen LogP contribution < -0.4 is 4.74 Å². The van der Waals surface area contributed by atoms with Crippen LogP contribution in [0.3, 0.4) is 0 Å². The molecule has 0 aliphatic rings. The molecule has 2 aromatic carbocycles. The quantitative estimate of drug-likeness (QED) is 0.657. The van der Waals surface area contributed by atoms with Gasteiger partial charge in [0.25, 0.3) is 0 Å². The number of aldehydes is 1. The fraction of sp³-hybridized carbons (Fsp3) is 0.167. The van der Waals surface area contributed by atoms with Crippen molar-refractivity contribution in [3.05, 3.63) is 58.7 Å². The summed E-state index contributed by atoms with van der Waals surface area (Å²) >= 11 is 0. The summed E-state index contributed by atoms with van der Waals surface area (Å²) < 4.78 is 4.99. The van der Waals surface area contributed by atoms with Gasteiger partial charge in [-0.05, 0) is 59.5 Å². The van der Waals surface area contributed by atoms with E-state index in [0.717, 1.165) is 17.4 Å². The Morgan fingerprint density at radius 1 is 1.18 bits per heavy atom. The Kier molecular flexibility index (Phi) is 4.84. The number of aryl methyl sites for hydroxylation is 1. The Bertz CT molecular complexity index is 717. The maximum absolute atomic E-state index is 11.3. The molecule has 0 spiro atoms. The second-order valence-corrected chi connectivity index (χ2v) is 5.06. The predicted molar refractivity (Wildman–Crippen MR) is 85.2 cm³/mol. The second kappa shape index (κ2) is 6.80. The molecule has 0 aliphatic heterocycles. The Hall–Kier alpha value is -2.75. The zero-order valence-corrected chi connectivity index (χ0v) is 12.5. The normalized spacial score (nSPS) is 11.3. The van der Waals surface area contributed by atoms with Crippen LogP contribution >= 0.6 is 0 Å². The molecule has 0 saturated carbocycles. The number of hydrogen-bond donors (Lipinski definition) is 2. The van der Waals surface area contributed by atoms with Crippen LogP contribution in [-0.2, 0) is 11.2 Å². The molecule has 0 unspecified atom stereocenters. The second-order valence-electron chi connectivity index (χ2n) is 5.06. The number of rotatable bonds is 5. The zero-order chi connectivity index (χ0) is 16.1. The molecule has 0 aliphatic carbocycles. The number of hydrogen-bond acceptors (Lipinski definition) is 4. The summed E-state index contributed by atoms with van der Waals surface area (Å²) in [5.74, 6) is 0.580. The molecule has 0 atom stereocenters. The van der Waals surface area contributed by atoms with E-state index in [1.54, 1.807) is 30.3 Å². The maximum Gasteiger partial charge on any atom is 0.160 e. The van der Waals surface area contributed by atoms with Crippen LogP contribution in [0, 0.1) is 6.92 Å². The van der Waals surface area contributed by atoms with Gasteiger partial charge >= 0.3 is 0 Å². The van der Waals surface area contributed by atoms with E-state index in [4.69, 9.17) is 4.74 Å². The van der Waals surface area contributed by atoms with Gasteiger partial charge < -0.3 is 14.9 Å². The first-order valence-electron chi connectivity index (χ1n) is 6.84. The van der Waals surface area contributed by atoms with Crippen molar-refractivity contribution in [2.24, 2.45) is 0 Å². The van der Waals surface area contributed by atoms with Crippen molar-refractivity contribution < 1.29 is 19.7 Å². The van der Waals surface area contributed by atoms with Gasteiger partial charge in [-0.3, -0.25) is 4.79 Å². The average Bonchev–Trinajstić information content (AvgIpc) is 2.50. The van der Waals surface area contributed by atoms with Crippen molar-refractivity contribution >= 4 is 12.4 Å². The Morgan fingerprint density at radius 3 is 2.59 bits per heavy atom. The highest BCUT2D eigenvalue weighted by Crippen LogP contribution is 2.27. The van der Waals surface area contributed by atoms with E-state index in [2.05, 4.69) is 0 Å². The number of carbonyl (C=O) groups excluding carboxylic acids is 1. The summed E-state index contributed by atoms with van der Waals surface area (Å²) in [7, 11) is 1.48. The van der Waals surface area contributed by atoms with Gasteiger partial charge in [-0.25, -0.2) is 0 Å². The van der Waals surface area contributed by atoms with Gasteiger partial charge in [0, 0.05) is 6.42 Å². The molecule has 114 valence electrons. The topological polar surface area (TPSA) is 66.8 Å². The number of ether oxygens (including phenoxy) is 1. The van der Waals surface area contributed by atoms with Crippen molar-refractivity contribution in [3.8, 4) is 17.2 Å². The van der Waals surface area contributed by atoms with Crippen LogP contribution in [0.25, 0.3) is 6.08 Å². The summed E-state index contributed by atoms with van der Waals surface area (Å²) in [6.45, 7) is 1.93. The number of methoxy groups -OCH3 is 1. The zero-order valence-electron chi connectivity index (χ0n) is 12.5. The third-order valence-corrected chi connectivity index (χ3v) is 3.43. The fourth-order valence-electron chi connectivity index (χ4n) is 2.21. The SMILES string of the molecule is COc1ccc(/C=C(/C=O)Cc2cc(O)ccc2C)cc1O. The van der Waals surface area contributed by atoms with Crippen LogP contribution in [0.15, 0.2) is 42.0 Å². The standard InChI is InChI=1S/C18H18O4/c1-12-3-5-16(20)10-15(12)8-14(11-19)7-13-4-6-18(22-2)17(21)9-13/h3-7,9-11,20-21H,8H2,1-2H3/b14-7+. The lowest BCUT2D eigenvalue weighted by atomic mass is 9.99. The van der Waals surface area contributed by atoms with Gasteiger partial charge in [-0.2, -0.15) is 0 Å². The Morgan fingerprint density at radius 2 is 1.95 bits per heavy atom. The minimum absolute atomic E-state index is 0.0232. The van der Waals surface area contributed by atoms with E-state index in [-0.39, 0.29) is 11.5 Å². The third kappa shape index (κ3) is 3.67. The molecule has 0 aromatic heterocycles. The van der Waals surface area contributed by atoms with Crippen molar-refractivity contribution in [1.82, 2.24) is 0 Å². The number of carbonyl (C=O) groups is 1. The molecule has 0 amide bonds. The monoisotopic (exact) mass is 298 g/mol. The van der Waals surface area contributed by atoms with Gasteiger partial charge in [-0.1, -0.05) is 12.1 Å². The molecule has 22 heavy (non-hydrogen) atoms. The molecule has 2 aromatic rings. The minimum Gasteiger partial charge on any atom is -0.508 e. The first-order valence-corrected chi connectivity index (χ1v) is 6.84. The molecule has 0 radical (unpaired) electrons. The number of benzene rings is 2. The molecule has 0 bridgehead atoms. The molecule has 2 rings (SSSR count). The number of aromatic hydroxyl groups is 2. The van der Waals surface area contributed by atoms with Crippen molar-refractivity contribution in [2.75, 3.05) is 7.11 Å². The largest absolute Gasteiger partial charge is 0.508 e. The summed E-state index contributed by atoms with van der Waals surface area (Å²) in [5, 5.41) is 19.3. The van der Waals surface area contributed by atoms with Gasteiger partial charge in [0.15, 0.2) is 11.5 Å². The van der Waals surface area contributed by atoms with Crippen LogP contribution in [0.2, 0.25) is 0 Å². The van der Waals surface area contributed by atoms with E-state index in [1.165, 1.54) is 13.2 Å². The summed E-state index contributed by atoms with van der Waals surface area (Å²) in [6.07, 6.45) is 2.90. The molecular weight excluding hydrogens is 280 g/mol. The molecule has 0 saturated heterocycles. The molecule has 0 fully saturated rings. The lowest BCUT2D eigenvalue weighted by Crippen LogP contribution is -1.95. The number of phenolic OH excluding ortho intramolecular Hbond substituents is 2. The number of phenols is 2. The Labute approximate surface area is 129 Å². The summed E-state index contributed by atoms with van der Waals surface area (Å²) in [5.41, 5.74) is 3.15. The highest BCUT2D eigenvalue weighted by Gasteiger charge is 2.06. The Balaban J connectivity index is 2.29. The van der Waals surface area contributed by atoms with Gasteiger partial charge in [0.1, 0.15) is 12.0 Å². The van der Waals surface area contributed by atoms with Gasteiger partial charge in [0.2, 0.25) is 0 Å². The van der Waals surface area contributed by atoms with Gasteiger partial charge in [0.05, 0.1) is 7.11 Å². The summed E-state index contributed by atoms with van der Waals surface area (Å²) in [6, 6.07) is 10.0. The van der Waals surface area contributed by atoms with Crippen LogP contribution in [0.5, 0.6) is 17.2 Å². The third-order valence-electron chi connectivity index (χ3n) is 3.43. The first kappa shape index (κ1) is 15.6. The van der Waals surface area contributed by atoms with Gasteiger partial charge in [-0.15, -0.1) is 0 Å². The smallest absolute Gasteiger partial charge is 0.160 e. The fourth-order valence-corrected chi connectivity index (χ4v) is 2.21. The van der Waals surface area contributed by atoms with E-state index in [9.17, 15) is 15.0 Å². The molecule has 4 nitrogen and oxygen atoms in total. The maximum atomic E-state index is 11.3. The molecular formula is C18H18O4. The highest BCUT2D eigenvalue weighted by molar-refractivity contribution is 5.82. The van der Waals surface area contributed by atoms with E-state index in [0.29, 0.717) is 23.3 Å². The lowest BCUT2D eigenvalue weighted by molar-refractivity contribution is -0.104. The molecule has 0 heterocycles. The number of allylic oxidation sites excluding steroid dienone is 1.